The van der Waals surface area contributed by atoms with Gasteiger partial charge in [-0.25, -0.2) is 9.97 Å². The number of carbonyl (C=O) groups excluding carboxylic acids is 1. The van der Waals surface area contributed by atoms with E-state index in [1.54, 1.807) is 18.5 Å². The lowest BCUT2D eigenvalue weighted by Crippen LogP contribution is -2.33. The molecule has 1 amide bonds. The van der Waals surface area contributed by atoms with Gasteiger partial charge in [0, 0.05) is 24.0 Å². The molecule has 0 saturated carbocycles. The van der Waals surface area contributed by atoms with E-state index in [9.17, 15) is 4.79 Å². The van der Waals surface area contributed by atoms with Gasteiger partial charge in [0.2, 0.25) is 0 Å². The molecule has 2 aromatic heterocycles. The fourth-order valence-corrected chi connectivity index (χ4v) is 4.04. The van der Waals surface area contributed by atoms with Crippen molar-refractivity contribution in [1.82, 2.24) is 19.9 Å². The van der Waals surface area contributed by atoms with Gasteiger partial charge in [0.15, 0.2) is 5.13 Å². The second-order valence-electron chi connectivity index (χ2n) is 6.72. The standard InChI is InChI=1S/C18H21N5OS/c1-12-3-2-6-23(8-12)9-14-10-25-18(21-14)22-17(24)13-4-5-15-16(7-13)20-11-19-15/h4-5,7,10-12H,2-3,6,8-9H2,1H3,(H,19,20)(H,21,22,24)/t12-/m0/s1. The first-order chi connectivity index (χ1) is 12.2. The van der Waals surface area contributed by atoms with Crippen molar-refractivity contribution in [2.24, 2.45) is 5.92 Å². The summed E-state index contributed by atoms with van der Waals surface area (Å²) in [6.07, 6.45) is 4.20. The summed E-state index contributed by atoms with van der Waals surface area (Å²) in [6.45, 7) is 5.42. The zero-order valence-corrected chi connectivity index (χ0v) is 15.0. The molecule has 0 spiro atoms. The monoisotopic (exact) mass is 355 g/mol. The predicted octanol–water partition coefficient (Wildman–Crippen LogP) is 3.50. The summed E-state index contributed by atoms with van der Waals surface area (Å²) in [5.41, 5.74) is 3.33. The van der Waals surface area contributed by atoms with E-state index in [0.717, 1.165) is 42.3 Å². The first-order valence-corrected chi connectivity index (χ1v) is 9.46. The maximum Gasteiger partial charge on any atom is 0.257 e. The first-order valence-electron chi connectivity index (χ1n) is 8.58. The molecule has 1 saturated heterocycles. The highest BCUT2D eigenvalue weighted by Gasteiger charge is 2.17. The number of amides is 1. The second-order valence-corrected chi connectivity index (χ2v) is 7.57. The first kappa shape index (κ1) is 16.2. The number of anilines is 1. The Morgan fingerprint density at radius 1 is 1.48 bits per heavy atom. The molecular formula is C18H21N5OS. The number of hydrogen-bond acceptors (Lipinski definition) is 5. The maximum absolute atomic E-state index is 12.4. The van der Waals surface area contributed by atoms with Gasteiger partial charge in [-0.05, 0) is 43.5 Å². The Morgan fingerprint density at radius 2 is 2.40 bits per heavy atom. The Kier molecular flexibility index (Phi) is 4.50. The van der Waals surface area contributed by atoms with Crippen LogP contribution in [0.3, 0.4) is 0 Å². The number of thiazole rings is 1. The van der Waals surface area contributed by atoms with Crippen molar-refractivity contribution < 1.29 is 4.79 Å². The summed E-state index contributed by atoms with van der Waals surface area (Å²) in [5, 5.41) is 5.58. The number of rotatable bonds is 4. The van der Waals surface area contributed by atoms with Crippen molar-refractivity contribution >= 4 is 33.4 Å². The molecule has 3 heterocycles. The lowest BCUT2D eigenvalue weighted by Gasteiger charge is -2.30. The predicted molar refractivity (Wildman–Crippen MR) is 99.8 cm³/mol. The quantitative estimate of drug-likeness (QED) is 0.751. The molecule has 2 N–H and O–H groups in total. The molecule has 3 aromatic rings. The van der Waals surface area contributed by atoms with Crippen molar-refractivity contribution in [3.63, 3.8) is 0 Å². The summed E-state index contributed by atoms with van der Waals surface area (Å²) >= 11 is 1.48. The van der Waals surface area contributed by atoms with E-state index in [1.165, 1.54) is 24.2 Å². The van der Waals surface area contributed by atoms with Crippen LogP contribution < -0.4 is 5.32 Å². The minimum Gasteiger partial charge on any atom is -0.345 e. The summed E-state index contributed by atoms with van der Waals surface area (Å²) in [7, 11) is 0. The molecule has 1 aliphatic rings. The van der Waals surface area contributed by atoms with Crippen LogP contribution in [0.15, 0.2) is 29.9 Å². The maximum atomic E-state index is 12.4. The van der Waals surface area contributed by atoms with E-state index in [1.807, 2.05) is 11.4 Å². The molecule has 25 heavy (non-hydrogen) atoms. The lowest BCUT2D eigenvalue weighted by molar-refractivity contribution is 0.102. The van der Waals surface area contributed by atoms with Gasteiger partial charge >= 0.3 is 0 Å². The Balaban J connectivity index is 1.40. The van der Waals surface area contributed by atoms with E-state index in [2.05, 4.69) is 32.1 Å². The number of nitrogens with zero attached hydrogens (tertiary/aromatic N) is 3. The van der Waals surface area contributed by atoms with Crippen LogP contribution in [0.4, 0.5) is 5.13 Å². The normalized spacial score (nSPS) is 18.5. The number of fused-ring (bicyclic) bond motifs is 1. The van der Waals surface area contributed by atoms with Gasteiger partial charge in [-0.15, -0.1) is 11.3 Å². The van der Waals surface area contributed by atoms with E-state index in [0.29, 0.717) is 10.7 Å². The summed E-state index contributed by atoms with van der Waals surface area (Å²) in [4.78, 5) is 26.6. The molecule has 6 nitrogen and oxygen atoms in total. The van der Waals surface area contributed by atoms with Crippen LogP contribution in [-0.2, 0) is 6.54 Å². The highest BCUT2D eigenvalue weighted by atomic mass is 32.1. The van der Waals surface area contributed by atoms with E-state index in [-0.39, 0.29) is 5.91 Å². The van der Waals surface area contributed by atoms with Gasteiger partial charge in [-0.3, -0.25) is 15.0 Å². The van der Waals surface area contributed by atoms with E-state index >= 15 is 0 Å². The van der Waals surface area contributed by atoms with Crippen molar-refractivity contribution in [2.45, 2.75) is 26.3 Å². The van der Waals surface area contributed by atoms with Crippen molar-refractivity contribution in [3.05, 3.63) is 41.2 Å². The highest BCUT2D eigenvalue weighted by Crippen LogP contribution is 2.21. The molecule has 0 unspecified atom stereocenters. The SMILES string of the molecule is C[C@H]1CCCN(Cc2csc(NC(=O)c3ccc4nc[nH]c4c3)n2)C1. The number of hydrogen-bond donors (Lipinski definition) is 2. The van der Waals surface area contributed by atoms with Gasteiger partial charge in [-0.1, -0.05) is 6.92 Å². The zero-order valence-electron chi connectivity index (χ0n) is 14.2. The number of nitrogens with one attached hydrogen (secondary N) is 2. The molecule has 1 atom stereocenters. The fourth-order valence-electron chi connectivity index (χ4n) is 3.34. The number of aromatic nitrogens is 3. The number of benzene rings is 1. The van der Waals surface area contributed by atoms with Gasteiger partial charge in [-0.2, -0.15) is 0 Å². The molecule has 1 aliphatic heterocycles. The Hall–Kier alpha value is -2.25. The van der Waals surface area contributed by atoms with Crippen LogP contribution in [0.5, 0.6) is 0 Å². The van der Waals surface area contributed by atoms with Crippen molar-refractivity contribution in [3.8, 4) is 0 Å². The smallest absolute Gasteiger partial charge is 0.257 e. The Labute approximate surface area is 150 Å². The molecule has 0 bridgehead atoms. The van der Waals surface area contributed by atoms with E-state index in [4.69, 9.17) is 0 Å². The molecule has 130 valence electrons. The van der Waals surface area contributed by atoms with E-state index < -0.39 is 0 Å². The van der Waals surface area contributed by atoms with Gasteiger partial charge in [0.05, 0.1) is 23.1 Å². The third-order valence-electron chi connectivity index (χ3n) is 4.58. The number of piperidine rings is 1. The van der Waals surface area contributed by atoms with Crippen LogP contribution in [-0.4, -0.2) is 38.8 Å². The van der Waals surface area contributed by atoms with Gasteiger partial charge < -0.3 is 4.98 Å². The lowest BCUT2D eigenvalue weighted by atomic mass is 10.0. The van der Waals surface area contributed by atoms with Crippen LogP contribution in [0.25, 0.3) is 11.0 Å². The average molecular weight is 355 g/mol. The Bertz CT molecular complexity index is 886. The number of likely N-dealkylation sites (tertiary alicyclic amines) is 1. The average Bonchev–Trinajstić information content (AvgIpc) is 3.23. The topological polar surface area (TPSA) is 73.9 Å². The summed E-state index contributed by atoms with van der Waals surface area (Å²) in [5.74, 6) is 0.605. The minimum absolute atomic E-state index is 0.149. The van der Waals surface area contributed by atoms with Crippen LogP contribution in [0, 0.1) is 5.92 Å². The van der Waals surface area contributed by atoms with Crippen LogP contribution in [0.2, 0.25) is 0 Å². The number of H-pyrrole nitrogens is 1. The molecular weight excluding hydrogens is 334 g/mol. The molecule has 7 heteroatoms. The molecule has 4 rings (SSSR count). The molecule has 1 aromatic carbocycles. The minimum atomic E-state index is -0.149. The van der Waals surface area contributed by atoms with Crippen LogP contribution in [0.1, 0.15) is 35.8 Å². The fraction of sp³-hybridized carbons (Fsp3) is 0.389. The van der Waals surface area contributed by atoms with Gasteiger partial charge in [0.1, 0.15) is 0 Å². The number of aromatic amines is 1. The summed E-state index contributed by atoms with van der Waals surface area (Å²) < 4.78 is 0. The molecule has 0 aliphatic carbocycles. The third kappa shape index (κ3) is 3.72. The van der Waals surface area contributed by atoms with Crippen molar-refractivity contribution in [2.75, 3.05) is 18.4 Å². The number of imidazole rings is 1. The molecule has 0 radical (unpaired) electrons. The zero-order chi connectivity index (χ0) is 17.2. The second kappa shape index (κ2) is 6.93. The highest BCUT2D eigenvalue weighted by molar-refractivity contribution is 7.13. The Morgan fingerprint density at radius 3 is 3.28 bits per heavy atom. The largest absolute Gasteiger partial charge is 0.345 e. The molecule has 1 fully saturated rings. The van der Waals surface area contributed by atoms with Gasteiger partial charge in [0.25, 0.3) is 5.91 Å². The summed E-state index contributed by atoms with van der Waals surface area (Å²) in [6, 6.07) is 5.43. The van der Waals surface area contributed by atoms with Crippen LogP contribution >= 0.6 is 11.3 Å². The third-order valence-corrected chi connectivity index (χ3v) is 5.39. The number of carbonyl (C=O) groups is 1. The van der Waals surface area contributed by atoms with Crippen molar-refractivity contribution in [1.29, 1.82) is 0 Å².